The predicted octanol–water partition coefficient (Wildman–Crippen LogP) is 3.59. The van der Waals surface area contributed by atoms with Gasteiger partial charge in [0.05, 0.1) is 23.9 Å². The molecule has 0 unspecified atom stereocenters. The second kappa shape index (κ2) is 7.59. The van der Waals surface area contributed by atoms with E-state index in [1.165, 1.54) is 0 Å². The summed E-state index contributed by atoms with van der Waals surface area (Å²) in [5.74, 6) is -0.950. The number of aromatic carboxylic acids is 1. The van der Waals surface area contributed by atoms with Crippen molar-refractivity contribution in [2.75, 3.05) is 11.9 Å². The van der Waals surface area contributed by atoms with E-state index in [0.717, 1.165) is 22.4 Å². The van der Waals surface area contributed by atoms with E-state index in [1.807, 2.05) is 36.4 Å². The van der Waals surface area contributed by atoms with Crippen LogP contribution in [-0.4, -0.2) is 27.8 Å². The highest BCUT2D eigenvalue weighted by atomic mass is 16.4. The molecule has 1 heterocycles. The molecule has 0 radical (unpaired) electrons. The van der Waals surface area contributed by atoms with Crippen molar-refractivity contribution in [3.05, 3.63) is 84.2 Å². The second-order valence-electron chi connectivity index (χ2n) is 5.63. The Bertz CT molecular complexity index is 848. The molecule has 0 aliphatic carbocycles. The SMILES string of the molecule is O=C(O)c1ccc(-c2cncc(N[C@@H](CO)c3ccccc3)c2)cc1. The molecule has 3 N–H and O–H groups in total. The van der Waals surface area contributed by atoms with E-state index in [1.54, 1.807) is 36.7 Å². The van der Waals surface area contributed by atoms with Crippen molar-refractivity contribution in [2.24, 2.45) is 0 Å². The largest absolute Gasteiger partial charge is 0.478 e. The van der Waals surface area contributed by atoms with Gasteiger partial charge in [0.2, 0.25) is 0 Å². The molecule has 3 rings (SSSR count). The molecule has 5 heteroatoms. The zero-order valence-corrected chi connectivity index (χ0v) is 13.5. The van der Waals surface area contributed by atoms with Crippen LogP contribution in [0.15, 0.2) is 73.1 Å². The number of carbonyl (C=O) groups is 1. The minimum atomic E-state index is -0.950. The van der Waals surface area contributed by atoms with Gasteiger partial charge in [-0.25, -0.2) is 4.79 Å². The first-order chi connectivity index (χ1) is 12.2. The Morgan fingerprint density at radius 1 is 1.00 bits per heavy atom. The number of aromatic nitrogens is 1. The molecule has 0 aliphatic heterocycles. The Kier molecular flexibility index (Phi) is 5.06. The van der Waals surface area contributed by atoms with Crippen LogP contribution in [0.1, 0.15) is 22.0 Å². The lowest BCUT2D eigenvalue weighted by molar-refractivity contribution is 0.0697. The summed E-state index contributed by atoms with van der Waals surface area (Å²) in [5, 5.41) is 21.9. The number of hydrogen-bond acceptors (Lipinski definition) is 4. The van der Waals surface area contributed by atoms with Crippen LogP contribution < -0.4 is 5.32 Å². The highest BCUT2D eigenvalue weighted by Gasteiger charge is 2.11. The van der Waals surface area contributed by atoms with E-state index in [-0.39, 0.29) is 18.2 Å². The first kappa shape index (κ1) is 16.7. The molecule has 126 valence electrons. The third kappa shape index (κ3) is 4.02. The number of benzene rings is 2. The molecule has 0 aliphatic rings. The monoisotopic (exact) mass is 334 g/mol. The van der Waals surface area contributed by atoms with Crippen LogP contribution in [0, 0.1) is 0 Å². The Morgan fingerprint density at radius 3 is 2.36 bits per heavy atom. The smallest absolute Gasteiger partial charge is 0.335 e. The summed E-state index contributed by atoms with van der Waals surface area (Å²) in [6.07, 6.45) is 3.41. The van der Waals surface area contributed by atoms with Crippen molar-refractivity contribution in [1.29, 1.82) is 0 Å². The quantitative estimate of drug-likeness (QED) is 0.642. The van der Waals surface area contributed by atoms with E-state index in [0.29, 0.717) is 0 Å². The number of hydrogen-bond donors (Lipinski definition) is 3. The van der Waals surface area contributed by atoms with Crippen molar-refractivity contribution < 1.29 is 15.0 Å². The highest BCUT2D eigenvalue weighted by molar-refractivity contribution is 5.88. The summed E-state index contributed by atoms with van der Waals surface area (Å²) in [6.45, 7) is -0.0401. The lowest BCUT2D eigenvalue weighted by Crippen LogP contribution is -2.14. The zero-order valence-electron chi connectivity index (χ0n) is 13.5. The second-order valence-corrected chi connectivity index (χ2v) is 5.63. The molecule has 0 amide bonds. The molecule has 2 aromatic carbocycles. The Balaban J connectivity index is 1.82. The van der Waals surface area contributed by atoms with Crippen LogP contribution in [0.25, 0.3) is 11.1 Å². The molecule has 25 heavy (non-hydrogen) atoms. The van der Waals surface area contributed by atoms with E-state index in [2.05, 4.69) is 10.3 Å². The molecule has 0 fully saturated rings. The third-order valence-corrected chi connectivity index (χ3v) is 3.93. The lowest BCUT2D eigenvalue weighted by atomic mass is 10.0. The molecule has 1 aromatic heterocycles. The summed E-state index contributed by atoms with van der Waals surface area (Å²) in [4.78, 5) is 15.2. The van der Waals surface area contributed by atoms with Gasteiger partial charge in [-0.3, -0.25) is 4.98 Å². The van der Waals surface area contributed by atoms with Crippen LogP contribution in [0.3, 0.4) is 0 Å². The Hall–Kier alpha value is -3.18. The number of nitrogens with one attached hydrogen (secondary N) is 1. The van der Waals surface area contributed by atoms with Crippen LogP contribution in [0.4, 0.5) is 5.69 Å². The van der Waals surface area contributed by atoms with E-state index >= 15 is 0 Å². The topological polar surface area (TPSA) is 82.5 Å². The van der Waals surface area contributed by atoms with Crippen molar-refractivity contribution in [2.45, 2.75) is 6.04 Å². The number of carboxylic acid groups (broad SMARTS) is 1. The number of nitrogens with zero attached hydrogens (tertiary/aromatic N) is 1. The summed E-state index contributed by atoms with van der Waals surface area (Å²) < 4.78 is 0. The Labute approximate surface area is 145 Å². The third-order valence-electron chi connectivity index (χ3n) is 3.93. The molecular weight excluding hydrogens is 316 g/mol. The first-order valence-electron chi connectivity index (χ1n) is 7.88. The highest BCUT2D eigenvalue weighted by Crippen LogP contribution is 2.24. The molecule has 0 saturated carbocycles. The summed E-state index contributed by atoms with van der Waals surface area (Å²) in [7, 11) is 0. The van der Waals surface area contributed by atoms with E-state index in [9.17, 15) is 9.90 Å². The summed E-state index contributed by atoms with van der Waals surface area (Å²) >= 11 is 0. The van der Waals surface area contributed by atoms with E-state index in [4.69, 9.17) is 5.11 Å². The maximum Gasteiger partial charge on any atom is 0.335 e. The van der Waals surface area contributed by atoms with Crippen LogP contribution >= 0.6 is 0 Å². The van der Waals surface area contributed by atoms with Crippen molar-refractivity contribution >= 4 is 11.7 Å². The number of aliphatic hydroxyl groups is 1. The van der Waals surface area contributed by atoms with Crippen molar-refractivity contribution in [3.63, 3.8) is 0 Å². The zero-order chi connectivity index (χ0) is 17.6. The fourth-order valence-electron chi connectivity index (χ4n) is 2.60. The van der Waals surface area contributed by atoms with Gasteiger partial charge in [-0.15, -0.1) is 0 Å². The first-order valence-corrected chi connectivity index (χ1v) is 7.88. The predicted molar refractivity (Wildman–Crippen MR) is 96.5 cm³/mol. The average Bonchev–Trinajstić information content (AvgIpc) is 2.67. The minimum Gasteiger partial charge on any atom is -0.478 e. The molecule has 1 atom stereocenters. The van der Waals surface area contributed by atoms with Gasteiger partial charge in [0.25, 0.3) is 0 Å². The van der Waals surface area contributed by atoms with Crippen LogP contribution in [0.2, 0.25) is 0 Å². The van der Waals surface area contributed by atoms with Gasteiger partial charge >= 0.3 is 5.97 Å². The van der Waals surface area contributed by atoms with Gasteiger partial charge in [-0.05, 0) is 29.3 Å². The average molecular weight is 334 g/mol. The maximum absolute atomic E-state index is 10.9. The summed E-state index contributed by atoms with van der Waals surface area (Å²) in [6, 6.07) is 18.0. The fraction of sp³-hybridized carbons (Fsp3) is 0.100. The number of carboxylic acids is 1. The number of pyridine rings is 1. The van der Waals surface area contributed by atoms with E-state index < -0.39 is 5.97 Å². The van der Waals surface area contributed by atoms with Crippen molar-refractivity contribution in [1.82, 2.24) is 4.98 Å². The van der Waals surface area contributed by atoms with Gasteiger partial charge in [0, 0.05) is 18.0 Å². The van der Waals surface area contributed by atoms with Gasteiger partial charge in [-0.1, -0.05) is 42.5 Å². The molecule has 5 nitrogen and oxygen atoms in total. The lowest BCUT2D eigenvalue weighted by Gasteiger charge is -2.18. The van der Waals surface area contributed by atoms with Crippen LogP contribution in [0.5, 0.6) is 0 Å². The number of rotatable bonds is 6. The maximum atomic E-state index is 10.9. The fourth-order valence-corrected chi connectivity index (χ4v) is 2.60. The van der Waals surface area contributed by atoms with Gasteiger partial charge in [0.1, 0.15) is 0 Å². The molecule has 0 saturated heterocycles. The Morgan fingerprint density at radius 2 is 1.72 bits per heavy atom. The summed E-state index contributed by atoms with van der Waals surface area (Å²) in [5.41, 5.74) is 3.76. The normalized spacial score (nSPS) is 11.7. The van der Waals surface area contributed by atoms with Gasteiger partial charge in [-0.2, -0.15) is 0 Å². The molecule has 3 aromatic rings. The minimum absolute atomic E-state index is 0.0401. The van der Waals surface area contributed by atoms with Gasteiger partial charge < -0.3 is 15.5 Å². The molecule has 0 spiro atoms. The standard InChI is InChI=1S/C20H18N2O3/c23-13-19(15-4-2-1-3-5-15)22-18-10-17(11-21-12-18)14-6-8-16(9-7-14)20(24)25/h1-12,19,22-23H,13H2,(H,24,25)/t19-/m0/s1. The van der Waals surface area contributed by atoms with Gasteiger partial charge in [0.15, 0.2) is 0 Å². The number of aliphatic hydroxyl groups excluding tert-OH is 1. The van der Waals surface area contributed by atoms with Crippen molar-refractivity contribution in [3.8, 4) is 11.1 Å². The molecular formula is C20H18N2O3. The number of anilines is 1. The molecule has 0 bridgehead atoms. The van der Waals surface area contributed by atoms with Crippen LogP contribution in [-0.2, 0) is 0 Å².